The van der Waals surface area contributed by atoms with Crippen LogP contribution in [0.3, 0.4) is 0 Å². The van der Waals surface area contributed by atoms with Crippen LogP contribution in [0, 0.1) is 0 Å². The third-order valence-electron chi connectivity index (χ3n) is 5.62. The molecule has 172 valence electrons. The van der Waals surface area contributed by atoms with Crippen molar-refractivity contribution < 1.29 is 0 Å². The van der Waals surface area contributed by atoms with E-state index in [-0.39, 0.29) is 6.04 Å². The largest absolute Gasteiger partial charge is 0.347 e. The van der Waals surface area contributed by atoms with Gasteiger partial charge in [0, 0.05) is 30.1 Å². The monoisotopic (exact) mass is 526 g/mol. The maximum Gasteiger partial charge on any atom is 0.187 e. The molecule has 0 fully saturated rings. The third kappa shape index (κ3) is 4.93. The van der Waals surface area contributed by atoms with Gasteiger partial charge in [-0.2, -0.15) is 5.10 Å². The predicted molar refractivity (Wildman–Crippen MR) is 145 cm³/mol. The van der Waals surface area contributed by atoms with Crippen molar-refractivity contribution in [1.82, 2.24) is 4.98 Å². The fourth-order valence-corrected chi connectivity index (χ4v) is 5.91. The number of nitrogens with zero attached hydrogens (tertiary/aromatic N) is 4. The van der Waals surface area contributed by atoms with Crippen molar-refractivity contribution in [1.29, 1.82) is 0 Å². The number of hydrogen-bond donors (Lipinski definition) is 0. The van der Waals surface area contributed by atoms with Crippen molar-refractivity contribution in [3.63, 3.8) is 0 Å². The van der Waals surface area contributed by atoms with Gasteiger partial charge in [0.15, 0.2) is 5.13 Å². The zero-order chi connectivity index (χ0) is 23.7. The van der Waals surface area contributed by atoms with Gasteiger partial charge < -0.3 is 4.90 Å². The Kier molecular flexibility index (Phi) is 6.79. The number of hydrogen-bond acceptors (Lipinski definition) is 5. The molecule has 2 heterocycles. The van der Waals surface area contributed by atoms with E-state index in [0.717, 1.165) is 33.5 Å². The maximum atomic E-state index is 6.72. The Morgan fingerprint density at radius 2 is 1.59 bits per heavy atom. The highest BCUT2D eigenvalue weighted by atomic mass is 35.5. The normalized spacial score (nSPS) is 15.5. The van der Waals surface area contributed by atoms with E-state index in [1.54, 1.807) is 17.4 Å². The van der Waals surface area contributed by atoms with E-state index in [9.17, 15) is 0 Å². The summed E-state index contributed by atoms with van der Waals surface area (Å²) in [6.07, 6.45) is 0.692. The molecule has 4 nitrogen and oxygen atoms in total. The van der Waals surface area contributed by atoms with Crippen molar-refractivity contribution in [3.05, 3.63) is 110 Å². The zero-order valence-electron chi connectivity index (χ0n) is 18.3. The Balaban J connectivity index is 1.50. The maximum absolute atomic E-state index is 6.72. The molecular weight excluding hydrogens is 507 g/mol. The Morgan fingerprint density at radius 3 is 2.26 bits per heavy atom. The highest BCUT2D eigenvalue weighted by Crippen LogP contribution is 2.44. The summed E-state index contributed by atoms with van der Waals surface area (Å²) in [6.45, 7) is 0.744. The fraction of sp³-hybridized carbons (Fsp3) is 0.154. The molecule has 1 unspecified atom stereocenters. The molecule has 5 rings (SSSR count). The van der Waals surface area contributed by atoms with Crippen LogP contribution in [0.15, 0.2) is 84.0 Å². The first-order valence-corrected chi connectivity index (χ1v) is 12.7. The molecule has 0 radical (unpaired) electrons. The van der Waals surface area contributed by atoms with E-state index in [2.05, 4.69) is 29.2 Å². The van der Waals surface area contributed by atoms with Crippen LogP contribution in [0.1, 0.15) is 28.5 Å². The first-order valence-electron chi connectivity index (χ1n) is 10.8. The van der Waals surface area contributed by atoms with Crippen LogP contribution in [0.2, 0.25) is 15.2 Å². The lowest BCUT2D eigenvalue weighted by Crippen LogP contribution is -2.18. The van der Waals surface area contributed by atoms with Gasteiger partial charge in [-0.3, -0.25) is 5.01 Å². The van der Waals surface area contributed by atoms with Crippen LogP contribution in [-0.4, -0.2) is 17.7 Å². The number of benzene rings is 3. The molecule has 0 aliphatic carbocycles. The van der Waals surface area contributed by atoms with Crippen molar-refractivity contribution in [2.75, 3.05) is 17.0 Å². The number of aromatic nitrogens is 1. The summed E-state index contributed by atoms with van der Waals surface area (Å²) in [4.78, 5) is 7.77. The van der Waals surface area contributed by atoms with E-state index in [4.69, 9.17) is 44.9 Å². The molecule has 0 amide bonds. The number of halogens is 3. The summed E-state index contributed by atoms with van der Waals surface area (Å²) in [5.74, 6) is 0. The highest BCUT2D eigenvalue weighted by molar-refractivity contribution is 7.16. The average Bonchev–Trinajstić information content (AvgIpc) is 3.43. The van der Waals surface area contributed by atoms with Gasteiger partial charge in [-0.05, 0) is 29.3 Å². The molecule has 0 saturated heterocycles. The summed E-state index contributed by atoms with van der Waals surface area (Å²) in [6, 6.07) is 25.8. The smallest absolute Gasteiger partial charge is 0.187 e. The minimum absolute atomic E-state index is 0.117. The third-order valence-corrected chi connectivity index (χ3v) is 7.73. The summed E-state index contributed by atoms with van der Waals surface area (Å²) >= 11 is 21.0. The van der Waals surface area contributed by atoms with E-state index in [0.29, 0.717) is 21.6 Å². The molecule has 0 saturated carbocycles. The van der Waals surface area contributed by atoms with Gasteiger partial charge in [-0.25, -0.2) is 4.98 Å². The Hall–Kier alpha value is -2.57. The van der Waals surface area contributed by atoms with Crippen LogP contribution in [0.25, 0.3) is 0 Å². The van der Waals surface area contributed by atoms with Crippen LogP contribution < -0.4 is 9.91 Å². The van der Waals surface area contributed by atoms with Gasteiger partial charge in [-0.15, -0.1) is 0 Å². The molecule has 34 heavy (non-hydrogen) atoms. The summed E-state index contributed by atoms with van der Waals surface area (Å²) in [5, 5.41) is 9.40. The van der Waals surface area contributed by atoms with Gasteiger partial charge in [0.05, 0.1) is 22.3 Å². The number of thiazole rings is 1. The van der Waals surface area contributed by atoms with E-state index < -0.39 is 0 Å². The van der Waals surface area contributed by atoms with Gasteiger partial charge >= 0.3 is 0 Å². The van der Waals surface area contributed by atoms with Gasteiger partial charge in [0.1, 0.15) is 5.15 Å². The summed E-state index contributed by atoms with van der Waals surface area (Å²) in [5.41, 5.74) is 4.08. The summed E-state index contributed by atoms with van der Waals surface area (Å²) < 4.78 is 0. The number of anilines is 2. The molecule has 1 aromatic heterocycles. The number of hydrazone groups is 1. The lowest BCUT2D eigenvalue weighted by molar-refractivity contribution is 0.720. The van der Waals surface area contributed by atoms with Crippen LogP contribution in [0.5, 0.6) is 0 Å². The quantitative estimate of drug-likeness (QED) is 0.254. The second-order valence-corrected chi connectivity index (χ2v) is 10.3. The number of rotatable bonds is 6. The van der Waals surface area contributed by atoms with E-state index >= 15 is 0 Å². The van der Waals surface area contributed by atoms with Crippen LogP contribution in [-0.2, 0) is 6.54 Å². The van der Waals surface area contributed by atoms with Gasteiger partial charge in [0.2, 0.25) is 0 Å². The minimum Gasteiger partial charge on any atom is -0.347 e. The van der Waals surface area contributed by atoms with Crippen molar-refractivity contribution in [2.24, 2.45) is 5.10 Å². The second kappa shape index (κ2) is 9.96. The van der Waals surface area contributed by atoms with E-state index in [1.807, 2.05) is 60.6 Å². The lowest BCUT2D eigenvalue weighted by atomic mass is 10.0. The molecule has 0 bridgehead atoms. The topological polar surface area (TPSA) is 31.7 Å². The SMILES string of the molecule is CN(Cc1ccccc1)c1nc(Cl)c(C2CC(c3ccccc3)=NN2c2cc(Cl)cc(Cl)c2)s1. The molecule has 8 heteroatoms. The second-order valence-electron chi connectivity index (χ2n) is 8.10. The standard InChI is InChI=1S/C26H21Cl3N4S/c1-32(16-17-8-4-2-5-9-17)26-30-25(29)24(34-26)23-15-22(18-10-6-3-7-11-18)31-33(23)21-13-19(27)12-20(28)14-21/h2-14,23H,15-16H2,1H3. The Morgan fingerprint density at radius 1 is 0.941 bits per heavy atom. The Labute approximate surface area is 218 Å². The molecule has 0 N–H and O–H groups in total. The van der Waals surface area contributed by atoms with Crippen molar-refractivity contribution >= 4 is 62.7 Å². The molecular formula is C26H21Cl3N4S. The van der Waals surface area contributed by atoms with Gasteiger partial charge in [0.25, 0.3) is 0 Å². The van der Waals surface area contributed by atoms with Crippen LogP contribution >= 0.6 is 46.1 Å². The molecule has 4 aromatic rings. The predicted octanol–water partition coefficient (Wildman–Crippen LogP) is 8.10. The fourth-order valence-electron chi connectivity index (χ4n) is 4.03. The summed E-state index contributed by atoms with van der Waals surface area (Å²) in [7, 11) is 2.03. The molecule has 1 aliphatic heterocycles. The average molecular weight is 528 g/mol. The Bertz CT molecular complexity index is 1300. The van der Waals surface area contributed by atoms with Crippen molar-refractivity contribution in [2.45, 2.75) is 19.0 Å². The van der Waals surface area contributed by atoms with Crippen LogP contribution in [0.4, 0.5) is 10.8 Å². The molecule has 3 aromatic carbocycles. The molecule has 1 atom stereocenters. The first-order chi connectivity index (χ1) is 16.5. The van der Waals surface area contributed by atoms with E-state index in [1.165, 1.54) is 5.56 Å². The van der Waals surface area contributed by atoms with Crippen molar-refractivity contribution in [3.8, 4) is 0 Å². The first kappa shape index (κ1) is 23.2. The minimum atomic E-state index is -0.117. The van der Waals surface area contributed by atoms with Gasteiger partial charge in [-0.1, -0.05) is 107 Å². The highest BCUT2D eigenvalue weighted by Gasteiger charge is 2.34. The molecule has 0 spiro atoms. The molecule has 1 aliphatic rings. The zero-order valence-corrected chi connectivity index (χ0v) is 21.4. The lowest BCUT2D eigenvalue weighted by Gasteiger charge is -2.23.